The van der Waals surface area contributed by atoms with E-state index >= 15 is 0 Å². The smallest absolute Gasteiger partial charge is 0.101 e. The van der Waals surface area contributed by atoms with Gasteiger partial charge >= 0.3 is 0 Å². The number of rotatable bonds is 4. The molecule has 2 aromatic carbocycles. The van der Waals surface area contributed by atoms with Gasteiger partial charge in [-0.05, 0) is 36.6 Å². The van der Waals surface area contributed by atoms with E-state index in [-0.39, 0.29) is 0 Å². The summed E-state index contributed by atoms with van der Waals surface area (Å²) in [4.78, 5) is 2.38. The summed E-state index contributed by atoms with van der Waals surface area (Å²) < 4.78 is 0. The molecule has 0 saturated heterocycles. The molecule has 0 bridgehead atoms. The fourth-order valence-electron chi connectivity index (χ4n) is 2.43. The van der Waals surface area contributed by atoms with Gasteiger partial charge in [0, 0.05) is 18.3 Å². The topological polar surface area (TPSA) is 53.0 Å². The number of anilines is 2. The van der Waals surface area contributed by atoms with E-state index in [0.29, 0.717) is 17.3 Å². The Morgan fingerprint density at radius 3 is 2.50 bits per heavy atom. The van der Waals surface area contributed by atoms with Crippen LogP contribution in [0.2, 0.25) is 0 Å². The molecule has 2 aromatic rings. The third-order valence-corrected chi connectivity index (χ3v) is 3.67. The molecule has 0 aromatic heterocycles. The number of nitrogens with zero attached hydrogens (tertiary/aromatic N) is 2. The van der Waals surface area contributed by atoms with E-state index in [4.69, 9.17) is 11.0 Å². The average Bonchev–Trinajstić information content (AvgIpc) is 3.30. The predicted octanol–water partition coefficient (Wildman–Crippen LogP) is 3.31. The Labute approximate surface area is 119 Å². The molecule has 0 atom stereocenters. The maximum absolute atomic E-state index is 8.96. The Hall–Kier alpha value is -2.47. The molecule has 100 valence electrons. The van der Waals surface area contributed by atoms with E-state index in [0.717, 1.165) is 12.2 Å². The van der Waals surface area contributed by atoms with Crippen molar-refractivity contribution in [2.45, 2.75) is 25.4 Å². The average molecular weight is 263 g/mol. The van der Waals surface area contributed by atoms with Gasteiger partial charge in [-0.15, -0.1) is 0 Å². The van der Waals surface area contributed by atoms with Gasteiger partial charge in [0.05, 0.1) is 11.3 Å². The lowest BCUT2D eigenvalue weighted by Crippen LogP contribution is -2.25. The summed E-state index contributed by atoms with van der Waals surface area (Å²) in [6, 6.07) is 18.9. The second-order valence-corrected chi connectivity index (χ2v) is 5.23. The minimum absolute atomic E-state index is 0.546. The minimum Gasteiger partial charge on any atom is -0.398 e. The number of nitrogens with two attached hydrogens (primary N) is 1. The summed E-state index contributed by atoms with van der Waals surface area (Å²) in [7, 11) is 0. The van der Waals surface area contributed by atoms with Gasteiger partial charge in [-0.1, -0.05) is 30.3 Å². The van der Waals surface area contributed by atoms with Crippen molar-refractivity contribution >= 4 is 11.4 Å². The molecule has 3 rings (SSSR count). The molecule has 0 heterocycles. The highest BCUT2D eigenvalue weighted by atomic mass is 15.2. The normalized spacial score (nSPS) is 13.8. The molecule has 0 spiro atoms. The number of benzene rings is 2. The van der Waals surface area contributed by atoms with E-state index in [2.05, 4.69) is 35.2 Å². The van der Waals surface area contributed by atoms with Gasteiger partial charge in [0.15, 0.2) is 0 Å². The zero-order chi connectivity index (χ0) is 13.9. The van der Waals surface area contributed by atoms with Gasteiger partial charge in [0.1, 0.15) is 6.07 Å². The molecule has 0 radical (unpaired) electrons. The second kappa shape index (κ2) is 5.26. The first kappa shape index (κ1) is 12.6. The fourth-order valence-corrected chi connectivity index (χ4v) is 2.43. The van der Waals surface area contributed by atoms with Crippen LogP contribution >= 0.6 is 0 Å². The molecule has 1 fully saturated rings. The van der Waals surface area contributed by atoms with Crippen molar-refractivity contribution in [1.29, 1.82) is 5.26 Å². The summed E-state index contributed by atoms with van der Waals surface area (Å²) >= 11 is 0. The van der Waals surface area contributed by atoms with Crippen molar-refractivity contribution in [2.75, 3.05) is 10.6 Å². The first-order chi connectivity index (χ1) is 9.78. The Morgan fingerprint density at radius 2 is 1.90 bits per heavy atom. The van der Waals surface area contributed by atoms with Crippen LogP contribution in [0.1, 0.15) is 24.0 Å². The van der Waals surface area contributed by atoms with Crippen LogP contribution in [-0.4, -0.2) is 6.04 Å². The lowest BCUT2D eigenvalue weighted by molar-refractivity contribution is 0.795. The molecular weight excluding hydrogens is 246 g/mol. The molecule has 1 aliphatic carbocycles. The Bertz CT molecular complexity index is 639. The van der Waals surface area contributed by atoms with Crippen LogP contribution in [0.15, 0.2) is 48.5 Å². The van der Waals surface area contributed by atoms with Crippen LogP contribution in [0.3, 0.4) is 0 Å². The van der Waals surface area contributed by atoms with Gasteiger partial charge in [0.25, 0.3) is 0 Å². The maximum atomic E-state index is 8.96. The summed E-state index contributed by atoms with van der Waals surface area (Å²) in [6.07, 6.45) is 2.46. The summed E-state index contributed by atoms with van der Waals surface area (Å²) in [5.74, 6) is 0. The quantitative estimate of drug-likeness (QED) is 0.861. The third kappa shape index (κ3) is 2.60. The number of nitriles is 1. The first-order valence-corrected chi connectivity index (χ1v) is 6.88. The predicted molar refractivity (Wildman–Crippen MR) is 81.2 cm³/mol. The third-order valence-electron chi connectivity index (χ3n) is 3.67. The monoisotopic (exact) mass is 263 g/mol. The van der Waals surface area contributed by atoms with Crippen LogP contribution < -0.4 is 10.6 Å². The van der Waals surface area contributed by atoms with Gasteiger partial charge in [0.2, 0.25) is 0 Å². The molecule has 0 unspecified atom stereocenters. The molecular formula is C17H17N3. The van der Waals surface area contributed by atoms with Gasteiger partial charge < -0.3 is 10.6 Å². The van der Waals surface area contributed by atoms with E-state index < -0.39 is 0 Å². The van der Waals surface area contributed by atoms with Crippen LogP contribution in [0.25, 0.3) is 0 Å². The molecule has 1 aliphatic rings. The van der Waals surface area contributed by atoms with Crippen molar-refractivity contribution < 1.29 is 0 Å². The van der Waals surface area contributed by atoms with Gasteiger partial charge in [-0.25, -0.2) is 0 Å². The minimum atomic E-state index is 0.546. The highest BCUT2D eigenvalue weighted by Crippen LogP contribution is 2.34. The summed E-state index contributed by atoms with van der Waals surface area (Å²) in [5.41, 5.74) is 9.44. The molecule has 1 saturated carbocycles. The lowest BCUT2D eigenvalue weighted by Gasteiger charge is -2.25. The number of nitrogen functional groups attached to an aromatic ring is 1. The van der Waals surface area contributed by atoms with E-state index in [1.807, 2.05) is 24.3 Å². The second-order valence-electron chi connectivity index (χ2n) is 5.23. The Kier molecular flexibility index (Phi) is 3.30. The van der Waals surface area contributed by atoms with Gasteiger partial charge in [-0.2, -0.15) is 5.26 Å². The highest BCUT2D eigenvalue weighted by Gasteiger charge is 2.29. The van der Waals surface area contributed by atoms with E-state index in [1.165, 1.54) is 18.4 Å². The molecule has 3 nitrogen and oxygen atoms in total. The molecule has 2 N–H and O–H groups in total. The Balaban J connectivity index is 1.88. The van der Waals surface area contributed by atoms with Crippen LogP contribution in [0, 0.1) is 11.3 Å². The van der Waals surface area contributed by atoms with Crippen LogP contribution in [0.5, 0.6) is 0 Å². The first-order valence-electron chi connectivity index (χ1n) is 6.88. The van der Waals surface area contributed by atoms with Crippen LogP contribution in [0.4, 0.5) is 11.4 Å². The largest absolute Gasteiger partial charge is 0.398 e. The Morgan fingerprint density at radius 1 is 1.15 bits per heavy atom. The van der Waals surface area contributed by atoms with Crippen molar-refractivity contribution in [3.63, 3.8) is 0 Å². The summed E-state index contributed by atoms with van der Waals surface area (Å²) in [6.45, 7) is 0.886. The summed E-state index contributed by atoms with van der Waals surface area (Å²) in [5, 5.41) is 8.96. The number of hydrogen-bond donors (Lipinski definition) is 1. The molecule has 0 amide bonds. The van der Waals surface area contributed by atoms with Gasteiger partial charge in [-0.3, -0.25) is 0 Å². The fraction of sp³-hybridized carbons (Fsp3) is 0.235. The zero-order valence-electron chi connectivity index (χ0n) is 11.3. The molecule has 20 heavy (non-hydrogen) atoms. The van der Waals surface area contributed by atoms with Crippen molar-refractivity contribution in [3.8, 4) is 6.07 Å². The SMILES string of the molecule is N#Cc1ccc(N(Cc2ccccc2)C2CC2)cc1N. The number of hydrogen-bond acceptors (Lipinski definition) is 3. The van der Waals surface area contributed by atoms with E-state index in [1.54, 1.807) is 0 Å². The lowest BCUT2D eigenvalue weighted by atomic mass is 10.1. The maximum Gasteiger partial charge on any atom is 0.101 e. The van der Waals surface area contributed by atoms with Crippen LogP contribution in [-0.2, 0) is 6.54 Å². The van der Waals surface area contributed by atoms with Crippen molar-refractivity contribution in [2.24, 2.45) is 0 Å². The molecule has 0 aliphatic heterocycles. The van der Waals surface area contributed by atoms with E-state index in [9.17, 15) is 0 Å². The van der Waals surface area contributed by atoms with Crippen molar-refractivity contribution in [1.82, 2.24) is 0 Å². The zero-order valence-corrected chi connectivity index (χ0v) is 11.3. The highest BCUT2D eigenvalue weighted by molar-refractivity contribution is 5.64. The van der Waals surface area contributed by atoms with Crippen molar-refractivity contribution in [3.05, 3.63) is 59.7 Å². The standard InChI is InChI=1S/C17H17N3/c18-11-14-6-7-16(10-17(14)19)20(15-8-9-15)12-13-4-2-1-3-5-13/h1-7,10,15H,8-9,12,19H2. The molecule has 3 heteroatoms.